The zero-order valence-electron chi connectivity index (χ0n) is 13.6. The van der Waals surface area contributed by atoms with Crippen LogP contribution in [0.15, 0.2) is 55.0 Å². The minimum Gasteiger partial charge on any atom is -0.308 e. The van der Waals surface area contributed by atoms with Gasteiger partial charge < -0.3 is 10.6 Å². The van der Waals surface area contributed by atoms with E-state index < -0.39 is 17.8 Å². The third-order valence-corrected chi connectivity index (χ3v) is 3.55. The molecule has 0 spiro atoms. The first-order valence-corrected chi connectivity index (χ1v) is 7.54. The fraction of sp³-hybridized carbons (Fsp3) is 0.118. The van der Waals surface area contributed by atoms with Gasteiger partial charge in [0.05, 0.1) is 17.4 Å². The minimum atomic E-state index is -4.41. The maximum absolute atomic E-state index is 12.5. The maximum atomic E-state index is 12.5. The highest BCUT2D eigenvalue weighted by Crippen LogP contribution is 2.29. The lowest BCUT2D eigenvalue weighted by molar-refractivity contribution is -0.137. The van der Waals surface area contributed by atoms with Crippen LogP contribution in [0.3, 0.4) is 0 Å². The van der Waals surface area contributed by atoms with Gasteiger partial charge >= 0.3 is 12.2 Å². The molecule has 0 saturated heterocycles. The Kier molecular flexibility index (Phi) is 4.61. The van der Waals surface area contributed by atoms with Gasteiger partial charge in [-0.3, -0.25) is 4.57 Å². The van der Waals surface area contributed by atoms with Crippen LogP contribution in [0.5, 0.6) is 0 Å². The van der Waals surface area contributed by atoms with Gasteiger partial charge in [-0.2, -0.15) is 13.2 Å². The van der Waals surface area contributed by atoms with Gasteiger partial charge in [0.15, 0.2) is 0 Å². The fourth-order valence-corrected chi connectivity index (χ4v) is 2.26. The van der Waals surface area contributed by atoms with Crippen molar-refractivity contribution in [3.8, 4) is 5.82 Å². The van der Waals surface area contributed by atoms with E-state index in [1.54, 1.807) is 29.1 Å². The third-order valence-electron chi connectivity index (χ3n) is 3.55. The molecule has 0 bridgehead atoms. The molecule has 0 aliphatic carbocycles. The van der Waals surface area contributed by atoms with Gasteiger partial charge in [0.25, 0.3) is 0 Å². The molecule has 0 fully saturated rings. The highest BCUT2D eigenvalue weighted by molar-refractivity contribution is 5.99. The first-order chi connectivity index (χ1) is 12.3. The van der Waals surface area contributed by atoms with E-state index in [0.29, 0.717) is 11.5 Å². The van der Waals surface area contributed by atoms with Crippen LogP contribution < -0.4 is 10.6 Å². The third kappa shape index (κ3) is 4.00. The van der Waals surface area contributed by atoms with Crippen molar-refractivity contribution < 1.29 is 18.0 Å². The summed E-state index contributed by atoms with van der Waals surface area (Å²) in [4.78, 5) is 20.3. The highest BCUT2D eigenvalue weighted by atomic mass is 19.4. The number of carbonyl (C=O) groups excluding carboxylic acids is 1. The summed E-state index contributed by atoms with van der Waals surface area (Å²) in [5.41, 5.74) is -0.0944. The second-order valence-corrected chi connectivity index (χ2v) is 5.40. The van der Waals surface area contributed by atoms with Gasteiger partial charge in [-0.05, 0) is 43.3 Å². The van der Waals surface area contributed by atoms with Crippen molar-refractivity contribution in [2.45, 2.75) is 13.1 Å². The van der Waals surface area contributed by atoms with E-state index >= 15 is 0 Å². The Balaban J connectivity index is 1.62. The molecular formula is C17H14F3N5O. The molecule has 0 atom stereocenters. The standard InChI is InChI=1S/C17H14F3N5O/c1-11-21-8-9-25(11)15-7-6-14(10-22-15)24-16(26)23-13-4-2-12(3-5-13)17(18,19)20/h2-10H,1H3,(H2,23,24,26). The van der Waals surface area contributed by atoms with Gasteiger partial charge in [0.1, 0.15) is 11.6 Å². The molecule has 2 amide bonds. The summed E-state index contributed by atoms with van der Waals surface area (Å²) in [5, 5.41) is 5.02. The number of carbonyl (C=O) groups is 1. The van der Waals surface area contributed by atoms with Crippen molar-refractivity contribution in [1.29, 1.82) is 0 Å². The Morgan fingerprint density at radius 3 is 2.19 bits per heavy atom. The second-order valence-electron chi connectivity index (χ2n) is 5.40. The number of aryl methyl sites for hydroxylation is 1. The van der Waals surface area contributed by atoms with Crippen molar-refractivity contribution in [3.63, 3.8) is 0 Å². The summed E-state index contributed by atoms with van der Waals surface area (Å²) in [6.07, 6.45) is 0.478. The Morgan fingerprint density at radius 1 is 1.00 bits per heavy atom. The van der Waals surface area contributed by atoms with Gasteiger partial charge in [-0.1, -0.05) is 0 Å². The molecule has 9 heteroatoms. The predicted octanol–water partition coefficient (Wildman–Crippen LogP) is 4.24. The molecule has 1 aromatic carbocycles. The topological polar surface area (TPSA) is 71.8 Å². The van der Waals surface area contributed by atoms with E-state index in [0.717, 1.165) is 18.0 Å². The molecule has 3 aromatic rings. The SMILES string of the molecule is Cc1nccn1-c1ccc(NC(=O)Nc2ccc(C(F)(F)F)cc2)cn1. The first kappa shape index (κ1) is 17.5. The molecule has 0 unspecified atom stereocenters. The molecule has 2 aromatic heterocycles. The monoisotopic (exact) mass is 361 g/mol. The summed E-state index contributed by atoms with van der Waals surface area (Å²) in [5.74, 6) is 1.42. The Labute approximate surface area is 146 Å². The number of anilines is 2. The zero-order valence-corrected chi connectivity index (χ0v) is 13.6. The summed E-state index contributed by atoms with van der Waals surface area (Å²) in [6, 6.07) is 6.96. The van der Waals surface area contributed by atoms with Crippen LogP contribution in [0, 0.1) is 6.92 Å². The summed E-state index contributed by atoms with van der Waals surface area (Å²) in [7, 11) is 0. The molecular weight excluding hydrogens is 347 g/mol. The van der Waals surface area contributed by atoms with Crippen molar-refractivity contribution >= 4 is 17.4 Å². The number of urea groups is 1. The number of amides is 2. The lowest BCUT2D eigenvalue weighted by Gasteiger charge is -2.10. The van der Waals surface area contributed by atoms with Crippen LogP contribution in [-0.2, 0) is 6.18 Å². The Bertz CT molecular complexity index is 901. The number of alkyl halides is 3. The average molecular weight is 361 g/mol. The summed E-state index contributed by atoms with van der Waals surface area (Å²) >= 11 is 0. The van der Waals surface area contributed by atoms with Gasteiger partial charge in [0.2, 0.25) is 0 Å². The van der Waals surface area contributed by atoms with Gasteiger partial charge in [-0.25, -0.2) is 14.8 Å². The molecule has 0 saturated carbocycles. The van der Waals surface area contributed by atoms with Crippen LogP contribution in [0.25, 0.3) is 5.82 Å². The van der Waals surface area contributed by atoms with Crippen LogP contribution in [0.2, 0.25) is 0 Å². The highest BCUT2D eigenvalue weighted by Gasteiger charge is 2.29. The smallest absolute Gasteiger partial charge is 0.308 e. The van der Waals surface area contributed by atoms with Crippen LogP contribution >= 0.6 is 0 Å². The van der Waals surface area contributed by atoms with Crippen LogP contribution in [0.1, 0.15) is 11.4 Å². The minimum absolute atomic E-state index is 0.245. The van der Waals surface area contributed by atoms with Crippen molar-refractivity contribution in [2.75, 3.05) is 10.6 Å². The Morgan fingerprint density at radius 2 is 1.65 bits per heavy atom. The molecule has 2 N–H and O–H groups in total. The molecule has 134 valence electrons. The number of aromatic nitrogens is 3. The lowest BCUT2D eigenvalue weighted by atomic mass is 10.2. The van der Waals surface area contributed by atoms with E-state index in [2.05, 4.69) is 20.6 Å². The molecule has 0 radical (unpaired) electrons. The second kappa shape index (κ2) is 6.87. The van der Waals surface area contributed by atoms with Crippen molar-refractivity contribution in [1.82, 2.24) is 14.5 Å². The molecule has 0 aliphatic rings. The number of hydrogen-bond donors (Lipinski definition) is 2. The summed E-state index contributed by atoms with van der Waals surface area (Å²) in [6.45, 7) is 1.84. The number of hydrogen-bond acceptors (Lipinski definition) is 3. The summed E-state index contributed by atoms with van der Waals surface area (Å²) < 4.78 is 39.3. The van der Waals surface area contributed by atoms with Crippen LogP contribution in [0.4, 0.5) is 29.3 Å². The number of nitrogens with one attached hydrogen (secondary N) is 2. The molecule has 6 nitrogen and oxygen atoms in total. The van der Waals surface area contributed by atoms with Crippen molar-refractivity contribution in [3.05, 3.63) is 66.4 Å². The number of imidazole rings is 1. The van der Waals surface area contributed by atoms with E-state index in [1.807, 2.05) is 6.92 Å². The van der Waals surface area contributed by atoms with E-state index in [4.69, 9.17) is 0 Å². The average Bonchev–Trinajstić information content (AvgIpc) is 3.01. The number of nitrogens with zero attached hydrogens (tertiary/aromatic N) is 3. The van der Waals surface area contributed by atoms with Gasteiger partial charge in [0, 0.05) is 18.1 Å². The van der Waals surface area contributed by atoms with Gasteiger partial charge in [-0.15, -0.1) is 0 Å². The predicted molar refractivity (Wildman–Crippen MR) is 90.2 cm³/mol. The maximum Gasteiger partial charge on any atom is 0.416 e. The number of halogens is 3. The largest absolute Gasteiger partial charge is 0.416 e. The quantitative estimate of drug-likeness (QED) is 0.733. The van der Waals surface area contributed by atoms with E-state index in [9.17, 15) is 18.0 Å². The Hall–Kier alpha value is -3.36. The normalized spacial score (nSPS) is 11.2. The van der Waals surface area contributed by atoms with E-state index in [-0.39, 0.29) is 5.69 Å². The number of pyridine rings is 1. The lowest BCUT2D eigenvalue weighted by Crippen LogP contribution is -2.19. The first-order valence-electron chi connectivity index (χ1n) is 7.54. The van der Waals surface area contributed by atoms with Crippen LogP contribution in [-0.4, -0.2) is 20.6 Å². The zero-order chi connectivity index (χ0) is 18.7. The number of rotatable bonds is 3. The molecule has 2 heterocycles. The molecule has 26 heavy (non-hydrogen) atoms. The van der Waals surface area contributed by atoms with E-state index in [1.165, 1.54) is 18.3 Å². The molecule has 0 aliphatic heterocycles. The molecule has 3 rings (SSSR count). The van der Waals surface area contributed by atoms with Crippen molar-refractivity contribution in [2.24, 2.45) is 0 Å². The number of benzene rings is 1. The fourth-order valence-electron chi connectivity index (χ4n) is 2.26.